The number of benzene rings is 2. The van der Waals surface area contributed by atoms with Crippen LogP contribution in [0.3, 0.4) is 0 Å². The van der Waals surface area contributed by atoms with Crippen LogP contribution in [0.15, 0.2) is 47.6 Å². The molecule has 0 saturated heterocycles. The molecule has 0 aliphatic heterocycles. The summed E-state index contributed by atoms with van der Waals surface area (Å²) in [5.74, 6) is 0.230. The first-order valence-corrected chi connectivity index (χ1v) is 8.54. The standard InChI is InChI=1S/C20H23N3O5/c1-26-16-7-5-4-6-15(16)13-22-23-20(25)19(24)21-11-10-14-8-9-17(27-2)18(12-14)28-3/h4-9,12-13H,10-11H2,1-3H3,(H,21,24)(H,23,25)/b22-13-. The lowest BCUT2D eigenvalue weighted by Gasteiger charge is -2.10. The monoisotopic (exact) mass is 385 g/mol. The average molecular weight is 385 g/mol. The zero-order valence-corrected chi connectivity index (χ0v) is 16.0. The summed E-state index contributed by atoms with van der Waals surface area (Å²) >= 11 is 0. The summed E-state index contributed by atoms with van der Waals surface area (Å²) in [6, 6.07) is 12.7. The number of amides is 2. The minimum absolute atomic E-state index is 0.290. The van der Waals surface area contributed by atoms with Gasteiger partial charge in [0.15, 0.2) is 11.5 Å². The van der Waals surface area contributed by atoms with E-state index in [1.807, 2.05) is 24.3 Å². The largest absolute Gasteiger partial charge is 0.496 e. The molecule has 0 aliphatic carbocycles. The van der Waals surface area contributed by atoms with Crippen LogP contribution in [0.5, 0.6) is 17.2 Å². The van der Waals surface area contributed by atoms with Crippen LogP contribution in [0.2, 0.25) is 0 Å². The third-order valence-corrected chi connectivity index (χ3v) is 3.86. The average Bonchev–Trinajstić information content (AvgIpc) is 2.73. The number of nitrogens with zero attached hydrogens (tertiary/aromatic N) is 1. The fourth-order valence-electron chi connectivity index (χ4n) is 2.42. The molecule has 0 aromatic heterocycles. The van der Waals surface area contributed by atoms with Gasteiger partial charge in [0.2, 0.25) is 0 Å². The summed E-state index contributed by atoms with van der Waals surface area (Å²) in [6.07, 6.45) is 1.94. The van der Waals surface area contributed by atoms with E-state index in [0.717, 1.165) is 5.56 Å². The Labute approximate surface area is 163 Å². The highest BCUT2D eigenvalue weighted by Gasteiger charge is 2.12. The highest BCUT2D eigenvalue weighted by molar-refractivity contribution is 6.35. The van der Waals surface area contributed by atoms with Crippen molar-refractivity contribution in [3.05, 3.63) is 53.6 Å². The predicted octanol–water partition coefficient (Wildman–Crippen LogP) is 1.52. The number of nitrogens with one attached hydrogen (secondary N) is 2. The molecule has 0 unspecified atom stereocenters. The number of carbonyl (C=O) groups is 2. The van der Waals surface area contributed by atoms with E-state index in [1.165, 1.54) is 13.3 Å². The first kappa shape index (κ1) is 20.8. The van der Waals surface area contributed by atoms with Crippen LogP contribution in [0, 0.1) is 0 Å². The topological polar surface area (TPSA) is 98.2 Å². The molecule has 2 N–H and O–H groups in total. The molecule has 28 heavy (non-hydrogen) atoms. The zero-order valence-electron chi connectivity index (χ0n) is 16.0. The van der Waals surface area contributed by atoms with E-state index in [0.29, 0.717) is 29.2 Å². The van der Waals surface area contributed by atoms with Crippen molar-refractivity contribution in [2.45, 2.75) is 6.42 Å². The van der Waals surface area contributed by atoms with Crippen molar-refractivity contribution in [2.24, 2.45) is 5.10 Å². The number of hydrogen-bond donors (Lipinski definition) is 2. The lowest BCUT2D eigenvalue weighted by Crippen LogP contribution is -2.38. The summed E-state index contributed by atoms with van der Waals surface area (Å²) in [7, 11) is 4.66. The molecule has 0 saturated carbocycles. The molecule has 8 nitrogen and oxygen atoms in total. The lowest BCUT2D eigenvalue weighted by atomic mass is 10.1. The van der Waals surface area contributed by atoms with Gasteiger partial charge in [-0.15, -0.1) is 0 Å². The van der Waals surface area contributed by atoms with Crippen molar-refractivity contribution < 1.29 is 23.8 Å². The second-order valence-electron chi connectivity index (χ2n) is 5.64. The number of hydrogen-bond acceptors (Lipinski definition) is 6. The van der Waals surface area contributed by atoms with Gasteiger partial charge in [0, 0.05) is 12.1 Å². The minimum atomic E-state index is -0.849. The molecule has 2 aromatic carbocycles. The number of carbonyl (C=O) groups excluding carboxylic acids is 2. The Bertz CT molecular complexity index is 851. The first-order valence-electron chi connectivity index (χ1n) is 8.54. The van der Waals surface area contributed by atoms with Crippen LogP contribution >= 0.6 is 0 Å². The molecule has 148 valence electrons. The number of hydrazone groups is 1. The van der Waals surface area contributed by atoms with Gasteiger partial charge in [-0.25, -0.2) is 5.43 Å². The van der Waals surface area contributed by atoms with Crippen molar-refractivity contribution >= 4 is 18.0 Å². The molecule has 2 aromatic rings. The molecule has 8 heteroatoms. The van der Waals surface area contributed by atoms with Crippen molar-refractivity contribution in [3.63, 3.8) is 0 Å². The summed E-state index contributed by atoms with van der Waals surface area (Å²) in [5.41, 5.74) is 3.81. The van der Waals surface area contributed by atoms with E-state index >= 15 is 0 Å². The zero-order chi connectivity index (χ0) is 20.4. The van der Waals surface area contributed by atoms with Crippen LogP contribution < -0.4 is 25.0 Å². The summed E-state index contributed by atoms with van der Waals surface area (Å²) in [5, 5.41) is 6.33. The fraction of sp³-hybridized carbons (Fsp3) is 0.250. The third kappa shape index (κ3) is 5.73. The van der Waals surface area contributed by atoms with E-state index in [4.69, 9.17) is 14.2 Å². The molecule has 0 aliphatic rings. The van der Waals surface area contributed by atoms with Crippen molar-refractivity contribution in [2.75, 3.05) is 27.9 Å². The molecule has 2 amide bonds. The molecule has 0 fully saturated rings. The SMILES string of the molecule is COc1ccccc1/C=N\NC(=O)C(=O)NCCc1ccc(OC)c(OC)c1. The number of ether oxygens (including phenoxy) is 3. The highest BCUT2D eigenvalue weighted by atomic mass is 16.5. The van der Waals surface area contributed by atoms with Crippen molar-refractivity contribution in [1.29, 1.82) is 0 Å². The first-order chi connectivity index (χ1) is 13.6. The van der Waals surface area contributed by atoms with Gasteiger partial charge in [-0.2, -0.15) is 5.10 Å². The minimum Gasteiger partial charge on any atom is -0.496 e. The molecule has 0 atom stereocenters. The Morgan fingerprint density at radius 1 is 0.929 bits per heavy atom. The Kier molecular flexibility index (Phi) is 7.83. The lowest BCUT2D eigenvalue weighted by molar-refractivity contribution is -0.139. The summed E-state index contributed by atoms with van der Waals surface area (Å²) < 4.78 is 15.6. The van der Waals surface area contributed by atoms with Gasteiger partial charge in [-0.1, -0.05) is 18.2 Å². The maximum Gasteiger partial charge on any atom is 0.329 e. The fourth-order valence-corrected chi connectivity index (χ4v) is 2.42. The van der Waals surface area contributed by atoms with E-state index in [-0.39, 0.29) is 6.54 Å². The van der Waals surface area contributed by atoms with E-state index in [2.05, 4.69) is 15.8 Å². The van der Waals surface area contributed by atoms with Gasteiger partial charge in [0.1, 0.15) is 5.75 Å². The molecule has 0 spiro atoms. The quantitative estimate of drug-likeness (QED) is 0.408. The van der Waals surface area contributed by atoms with E-state index in [1.54, 1.807) is 32.4 Å². The van der Waals surface area contributed by atoms with Crippen LogP contribution in [-0.2, 0) is 16.0 Å². The molecular formula is C20H23N3O5. The van der Waals surface area contributed by atoms with Gasteiger partial charge in [0.25, 0.3) is 0 Å². The Balaban J connectivity index is 1.81. The molecule has 0 radical (unpaired) electrons. The number of methoxy groups -OCH3 is 3. The highest BCUT2D eigenvalue weighted by Crippen LogP contribution is 2.27. The van der Waals surface area contributed by atoms with Gasteiger partial charge in [0.05, 0.1) is 27.5 Å². The Hall–Kier alpha value is -3.55. The molecule has 0 heterocycles. The van der Waals surface area contributed by atoms with E-state index < -0.39 is 11.8 Å². The molecule has 2 rings (SSSR count). The molecular weight excluding hydrogens is 362 g/mol. The van der Waals surface area contributed by atoms with Crippen molar-refractivity contribution in [3.8, 4) is 17.2 Å². The Morgan fingerprint density at radius 3 is 2.36 bits per heavy atom. The van der Waals surface area contributed by atoms with Crippen LogP contribution in [0.4, 0.5) is 0 Å². The summed E-state index contributed by atoms with van der Waals surface area (Å²) in [4.78, 5) is 23.7. The van der Waals surface area contributed by atoms with Gasteiger partial charge < -0.3 is 19.5 Å². The van der Waals surface area contributed by atoms with Gasteiger partial charge in [-0.3, -0.25) is 9.59 Å². The number of para-hydroxylation sites is 1. The normalized spacial score (nSPS) is 10.4. The molecule has 0 bridgehead atoms. The maximum atomic E-state index is 11.9. The van der Waals surface area contributed by atoms with E-state index in [9.17, 15) is 9.59 Å². The van der Waals surface area contributed by atoms with Crippen molar-refractivity contribution in [1.82, 2.24) is 10.7 Å². The predicted molar refractivity (Wildman–Crippen MR) is 105 cm³/mol. The van der Waals surface area contributed by atoms with Gasteiger partial charge in [-0.05, 0) is 36.2 Å². The smallest absolute Gasteiger partial charge is 0.329 e. The van der Waals surface area contributed by atoms with Crippen LogP contribution in [-0.4, -0.2) is 45.9 Å². The second-order valence-corrected chi connectivity index (χ2v) is 5.64. The number of rotatable bonds is 8. The third-order valence-electron chi connectivity index (χ3n) is 3.86. The van der Waals surface area contributed by atoms with Crippen LogP contribution in [0.25, 0.3) is 0 Å². The van der Waals surface area contributed by atoms with Crippen LogP contribution in [0.1, 0.15) is 11.1 Å². The van der Waals surface area contributed by atoms with Gasteiger partial charge >= 0.3 is 11.8 Å². The second kappa shape index (κ2) is 10.6. The Morgan fingerprint density at radius 2 is 1.64 bits per heavy atom. The summed E-state index contributed by atoms with van der Waals surface area (Å²) in [6.45, 7) is 0.290. The maximum absolute atomic E-state index is 11.9.